The fraction of sp³-hybridized carbons (Fsp3) is 0.304. The predicted octanol–water partition coefficient (Wildman–Crippen LogP) is 4.89. The van der Waals surface area contributed by atoms with Crippen molar-refractivity contribution in [3.63, 3.8) is 0 Å². The van der Waals surface area contributed by atoms with Crippen LogP contribution in [0.2, 0.25) is 0 Å². The third kappa shape index (κ3) is 3.33. The molecule has 0 radical (unpaired) electrons. The Morgan fingerprint density at radius 2 is 2.00 bits per heavy atom. The van der Waals surface area contributed by atoms with Gasteiger partial charge in [0.2, 0.25) is 11.8 Å². The Morgan fingerprint density at radius 3 is 2.83 bits per heavy atom. The SMILES string of the molecule is O=C(NC1CCOc2ccc(-c3cccc4ncccc34)cc21)C1CC(F)(F)C1. The molecule has 2 heterocycles. The Hall–Kier alpha value is -3.02. The van der Waals surface area contributed by atoms with Crippen molar-refractivity contribution in [1.82, 2.24) is 10.3 Å². The summed E-state index contributed by atoms with van der Waals surface area (Å²) >= 11 is 0. The van der Waals surface area contributed by atoms with Crippen molar-refractivity contribution in [2.45, 2.75) is 31.2 Å². The van der Waals surface area contributed by atoms with Crippen molar-refractivity contribution in [2.75, 3.05) is 6.61 Å². The Bertz CT molecular complexity index is 1090. The Kier molecular flexibility index (Phi) is 4.23. The van der Waals surface area contributed by atoms with Crippen molar-refractivity contribution in [3.05, 3.63) is 60.3 Å². The number of nitrogens with zero attached hydrogens (tertiary/aromatic N) is 1. The molecule has 5 rings (SSSR count). The molecule has 0 spiro atoms. The molecule has 1 amide bonds. The van der Waals surface area contributed by atoms with Crippen LogP contribution < -0.4 is 10.1 Å². The van der Waals surface area contributed by atoms with Crippen LogP contribution in [-0.2, 0) is 4.79 Å². The number of rotatable bonds is 3. The maximum absolute atomic E-state index is 13.1. The second kappa shape index (κ2) is 6.79. The number of fused-ring (bicyclic) bond motifs is 2. The monoisotopic (exact) mass is 394 g/mol. The summed E-state index contributed by atoms with van der Waals surface area (Å²) in [5.74, 6) is -2.88. The number of carbonyl (C=O) groups is 1. The van der Waals surface area contributed by atoms with Gasteiger partial charge in [0.1, 0.15) is 5.75 Å². The number of amides is 1. The van der Waals surface area contributed by atoms with Crippen molar-refractivity contribution < 1.29 is 18.3 Å². The van der Waals surface area contributed by atoms with Gasteiger partial charge in [-0.05, 0) is 35.4 Å². The Labute approximate surface area is 166 Å². The minimum Gasteiger partial charge on any atom is -0.493 e. The summed E-state index contributed by atoms with van der Waals surface area (Å²) in [6, 6.07) is 15.6. The molecule has 1 saturated carbocycles. The predicted molar refractivity (Wildman–Crippen MR) is 106 cm³/mol. The van der Waals surface area contributed by atoms with Gasteiger partial charge in [0, 0.05) is 42.3 Å². The van der Waals surface area contributed by atoms with Crippen LogP contribution in [0, 0.1) is 5.92 Å². The number of benzene rings is 2. The normalized spacial score (nSPS) is 20.4. The van der Waals surface area contributed by atoms with Crippen LogP contribution in [0.15, 0.2) is 54.7 Å². The maximum Gasteiger partial charge on any atom is 0.249 e. The maximum atomic E-state index is 13.1. The van der Waals surface area contributed by atoms with E-state index < -0.39 is 11.8 Å². The van der Waals surface area contributed by atoms with E-state index in [4.69, 9.17) is 4.74 Å². The lowest BCUT2D eigenvalue weighted by atomic mass is 9.80. The van der Waals surface area contributed by atoms with Crippen LogP contribution in [0.25, 0.3) is 22.0 Å². The Balaban J connectivity index is 1.46. The molecular weight excluding hydrogens is 374 g/mol. The summed E-state index contributed by atoms with van der Waals surface area (Å²) in [6.07, 6.45) is 1.65. The molecule has 2 aliphatic rings. The molecule has 1 aromatic heterocycles. The number of halogens is 2. The number of pyridine rings is 1. The van der Waals surface area contributed by atoms with Crippen molar-refractivity contribution in [3.8, 4) is 16.9 Å². The average Bonchev–Trinajstić information content (AvgIpc) is 2.71. The van der Waals surface area contributed by atoms with Gasteiger partial charge in [0.05, 0.1) is 18.2 Å². The third-order valence-electron chi connectivity index (χ3n) is 5.78. The minimum atomic E-state index is -2.70. The van der Waals surface area contributed by atoms with Crippen LogP contribution in [0.1, 0.15) is 30.9 Å². The molecule has 148 valence electrons. The lowest BCUT2D eigenvalue weighted by Crippen LogP contribution is -2.46. The zero-order valence-electron chi connectivity index (χ0n) is 15.7. The van der Waals surface area contributed by atoms with Gasteiger partial charge in [-0.3, -0.25) is 9.78 Å². The molecule has 29 heavy (non-hydrogen) atoms. The molecule has 2 aromatic carbocycles. The standard InChI is InChI=1S/C23H20F2N2O2/c24-23(25)12-15(13-23)22(28)27-20-8-10-29-21-7-6-14(11-18(20)21)16-3-1-5-19-17(16)4-2-9-26-19/h1-7,9,11,15,20H,8,10,12-13H2,(H,27,28). The highest BCUT2D eigenvalue weighted by molar-refractivity contribution is 5.94. The first kappa shape index (κ1) is 18.0. The zero-order chi connectivity index (χ0) is 20.0. The van der Waals surface area contributed by atoms with Gasteiger partial charge < -0.3 is 10.1 Å². The lowest BCUT2D eigenvalue weighted by Gasteiger charge is -2.35. The first-order valence-electron chi connectivity index (χ1n) is 9.79. The minimum absolute atomic E-state index is 0.242. The summed E-state index contributed by atoms with van der Waals surface area (Å²) in [7, 11) is 0. The van der Waals surface area contributed by atoms with E-state index in [0.29, 0.717) is 13.0 Å². The van der Waals surface area contributed by atoms with E-state index in [1.54, 1.807) is 6.20 Å². The van der Waals surface area contributed by atoms with Gasteiger partial charge in [-0.1, -0.05) is 24.3 Å². The van der Waals surface area contributed by atoms with Crippen LogP contribution in [-0.4, -0.2) is 23.4 Å². The summed E-state index contributed by atoms with van der Waals surface area (Å²) in [5, 5.41) is 4.01. The summed E-state index contributed by atoms with van der Waals surface area (Å²) in [6.45, 7) is 0.482. The molecule has 1 atom stereocenters. The van der Waals surface area contributed by atoms with Gasteiger partial charge in [0.15, 0.2) is 0 Å². The topological polar surface area (TPSA) is 51.2 Å². The lowest BCUT2D eigenvalue weighted by molar-refractivity contribution is -0.151. The summed E-state index contributed by atoms with van der Waals surface area (Å²) < 4.78 is 32.0. The van der Waals surface area contributed by atoms with Crippen LogP contribution >= 0.6 is 0 Å². The molecular formula is C23H20F2N2O2. The van der Waals surface area contributed by atoms with Crippen molar-refractivity contribution >= 4 is 16.8 Å². The molecule has 0 bridgehead atoms. The summed E-state index contributed by atoms with van der Waals surface area (Å²) in [4.78, 5) is 16.8. The molecule has 0 saturated heterocycles. The molecule has 1 aliphatic heterocycles. The number of carbonyl (C=O) groups excluding carboxylic acids is 1. The van der Waals surface area contributed by atoms with Crippen molar-refractivity contribution in [2.24, 2.45) is 5.92 Å². The number of aromatic nitrogens is 1. The smallest absolute Gasteiger partial charge is 0.249 e. The molecule has 1 fully saturated rings. The fourth-order valence-corrected chi connectivity index (χ4v) is 4.20. The molecule has 6 heteroatoms. The van der Waals surface area contributed by atoms with Gasteiger partial charge in [0.25, 0.3) is 0 Å². The molecule has 4 nitrogen and oxygen atoms in total. The van der Waals surface area contributed by atoms with Crippen LogP contribution in [0.3, 0.4) is 0 Å². The fourth-order valence-electron chi connectivity index (χ4n) is 4.20. The number of nitrogens with one attached hydrogen (secondary N) is 1. The zero-order valence-corrected chi connectivity index (χ0v) is 15.7. The number of hydrogen-bond donors (Lipinski definition) is 1. The third-order valence-corrected chi connectivity index (χ3v) is 5.78. The van der Waals surface area contributed by atoms with E-state index in [1.165, 1.54) is 0 Å². The molecule has 1 N–H and O–H groups in total. The van der Waals surface area contributed by atoms with E-state index in [9.17, 15) is 13.6 Å². The largest absolute Gasteiger partial charge is 0.493 e. The summed E-state index contributed by atoms with van der Waals surface area (Å²) in [5.41, 5.74) is 3.85. The number of ether oxygens (including phenoxy) is 1. The van der Waals surface area contributed by atoms with Gasteiger partial charge in [-0.2, -0.15) is 0 Å². The quantitative estimate of drug-likeness (QED) is 0.688. The van der Waals surface area contributed by atoms with E-state index in [1.807, 2.05) is 48.5 Å². The van der Waals surface area contributed by atoms with Crippen molar-refractivity contribution in [1.29, 1.82) is 0 Å². The van der Waals surface area contributed by atoms with Crippen LogP contribution in [0.4, 0.5) is 8.78 Å². The van der Waals surface area contributed by atoms with Gasteiger partial charge in [-0.15, -0.1) is 0 Å². The van der Waals surface area contributed by atoms with E-state index in [-0.39, 0.29) is 24.8 Å². The Morgan fingerprint density at radius 1 is 1.14 bits per heavy atom. The van der Waals surface area contributed by atoms with Crippen LogP contribution in [0.5, 0.6) is 5.75 Å². The second-order valence-corrected chi connectivity index (χ2v) is 7.79. The van der Waals surface area contributed by atoms with Gasteiger partial charge >= 0.3 is 0 Å². The molecule has 1 aliphatic carbocycles. The van der Waals surface area contributed by atoms with E-state index in [2.05, 4.69) is 10.3 Å². The van der Waals surface area contributed by atoms with E-state index in [0.717, 1.165) is 33.3 Å². The van der Waals surface area contributed by atoms with Gasteiger partial charge in [-0.25, -0.2) is 8.78 Å². The van der Waals surface area contributed by atoms with E-state index >= 15 is 0 Å². The molecule has 1 unspecified atom stereocenters. The highest BCUT2D eigenvalue weighted by Crippen LogP contribution is 2.43. The first-order chi connectivity index (χ1) is 14.0. The first-order valence-corrected chi connectivity index (χ1v) is 9.79. The highest BCUT2D eigenvalue weighted by atomic mass is 19.3. The number of hydrogen-bond acceptors (Lipinski definition) is 3. The number of alkyl halides is 2. The highest BCUT2D eigenvalue weighted by Gasteiger charge is 2.49. The molecule has 3 aromatic rings. The second-order valence-electron chi connectivity index (χ2n) is 7.79. The average molecular weight is 394 g/mol.